The summed E-state index contributed by atoms with van der Waals surface area (Å²) in [5, 5.41) is 0. The summed E-state index contributed by atoms with van der Waals surface area (Å²) in [4.78, 5) is 13.2. The number of carbonyl (C=O) groups is 1. The monoisotopic (exact) mass is 331 g/mol. The fourth-order valence-electron chi connectivity index (χ4n) is 2.18. The molecule has 1 rings (SSSR count). The highest BCUT2D eigenvalue weighted by Gasteiger charge is 2.29. The van der Waals surface area contributed by atoms with Crippen molar-refractivity contribution >= 4 is 5.91 Å². The quantitative estimate of drug-likeness (QED) is 0.778. The predicted molar refractivity (Wildman–Crippen MR) is 83.7 cm³/mol. The number of amides is 1. The van der Waals surface area contributed by atoms with Crippen molar-refractivity contribution in [2.45, 2.75) is 52.3 Å². The van der Waals surface area contributed by atoms with Crippen LogP contribution in [0, 0.1) is 6.92 Å². The van der Waals surface area contributed by atoms with Crippen LogP contribution in [0.25, 0.3) is 0 Å². The average Bonchev–Trinajstić information content (AvgIpc) is 2.42. The van der Waals surface area contributed by atoms with Crippen molar-refractivity contribution in [3.63, 3.8) is 0 Å². The minimum atomic E-state index is -4.28. The third-order valence-corrected chi connectivity index (χ3v) is 3.55. The van der Waals surface area contributed by atoms with E-state index < -0.39 is 24.6 Å². The smallest absolute Gasteiger partial charge is 0.390 e. The van der Waals surface area contributed by atoms with E-state index in [1.165, 1.54) is 7.05 Å². The summed E-state index contributed by atoms with van der Waals surface area (Å²) in [7, 11) is 1.35. The van der Waals surface area contributed by atoms with Gasteiger partial charge in [-0.1, -0.05) is 26.0 Å². The van der Waals surface area contributed by atoms with Crippen LogP contribution in [-0.2, 0) is 4.79 Å². The SMILES string of the molecule is Cc1ccc(C(C)C)c(OC(C)C(=O)N(C)CCC(F)(F)F)c1. The van der Waals surface area contributed by atoms with Gasteiger partial charge in [0.05, 0.1) is 6.42 Å². The standard InChI is InChI=1S/C17H24F3NO2/c1-11(2)14-7-6-12(3)10-15(14)23-13(4)16(22)21(5)9-8-17(18,19)20/h6-7,10-11,13H,8-9H2,1-5H3. The van der Waals surface area contributed by atoms with E-state index in [0.29, 0.717) is 5.75 Å². The number of carbonyl (C=O) groups excluding carboxylic acids is 1. The van der Waals surface area contributed by atoms with Gasteiger partial charge < -0.3 is 9.64 Å². The number of alkyl halides is 3. The van der Waals surface area contributed by atoms with E-state index in [4.69, 9.17) is 4.74 Å². The zero-order valence-corrected chi connectivity index (χ0v) is 14.2. The molecule has 3 nitrogen and oxygen atoms in total. The van der Waals surface area contributed by atoms with Gasteiger partial charge in [-0.2, -0.15) is 13.2 Å². The first-order valence-electron chi connectivity index (χ1n) is 7.60. The molecule has 0 saturated carbocycles. The average molecular weight is 331 g/mol. The molecule has 0 fully saturated rings. The largest absolute Gasteiger partial charge is 0.481 e. The molecule has 0 spiro atoms. The van der Waals surface area contributed by atoms with Gasteiger partial charge in [0.2, 0.25) is 0 Å². The molecule has 0 bridgehead atoms. The van der Waals surface area contributed by atoms with Crippen LogP contribution in [0.4, 0.5) is 13.2 Å². The van der Waals surface area contributed by atoms with Gasteiger partial charge in [-0.3, -0.25) is 4.79 Å². The van der Waals surface area contributed by atoms with Gasteiger partial charge >= 0.3 is 6.18 Å². The molecule has 0 aliphatic carbocycles. The van der Waals surface area contributed by atoms with E-state index in [1.54, 1.807) is 6.92 Å². The first-order valence-corrected chi connectivity index (χ1v) is 7.60. The number of aryl methyl sites for hydroxylation is 1. The van der Waals surface area contributed by atoms with E-state index in [9.17, 15) is 18.0 Å². The van der Waals surface area contributed by atoms with Gasteiger partial charge in [-0.15, -0.1) is 0 Å². The van der Waals surface area contributed by atoms with Crippen LogP contribution in [0.2, 0.25) is 0 Å². The number of rotatable bonds is 6. The van der Waals surface area contributed by atoms with Crippen LogP contribution in [-0.4, -0.2) is 36.7 Å². The normalized spacial score (nSPS) is 13.1. The van der Waals surface area contributed by atoms with E-state index in [1.807, 2.05) is 39.0 Å². The number of benzene rings is 1. The van der Waals surface area contributed by atoms with Gasteiger partial charge in [0.25, 0.3) is 5.91 Å². The van der Waals surface area contributed by atoms with Crippen LogP contribution in [0.5, 0.6) is 5.75 Å². The Hall–Kier alpha value is -1.72. The van der Waals surface area contributed by atoms with Gasteiger partial charge in [0.1, 0.15) is 5.75 Å². The Bertz CT molecular complexity index is 541. The van der Waals surface area contributed by atoms with Crippen molar-refractivity contribution in [1.29, 1.82) is 0 Å². The summed E-state index contributed by atoms with van der Waals surface area (Å²) >= 11 is 0. The summed E-state index contributed by atoms with van der Waals surface area (Å²) in [6.07, 6.45) is -6.14. The number of likely N-dealkylation sites (N-methyl/N-ethyl adjacent to an activating group) is 1. The van der Waals surface area contributed by atoms with Crippen molar-refractivity contribution < 1.29 is 22.7 Å². The van der Waals surface area contributed by atoms with Crippen LogP contribution < -0.4 is 4.74 Å². The fourth-order valence-corrected chi connectivity index (χ4v) is 2.18. The molecule has 1 aromatic rings. The summed E-state index contributed by atoms with van der Waals surface area (Å²) in [6.45, 7) is 7.12. The lowest BCUT2D eigenvalue weighted by Crippen LogP contribution is -2.39. The molecule has 0 radical (unpaired) electrons. The Kier molecular flexibility index (Phi) is 6.47. The molecule has 1 amide bonds. The fraction of sp³-hybridized carbons (Fsp3) is 0.588. The lowest BCUT2D eigenvalue weighted by molar-refractivity contribution is -0.147. The molecule has 0 aromatic heterocycles. The molecule has 130 valence electrons. The van der Waals surface area contributed by atoms with Crippen molar-refractivity contribution in [2.75, 3.05) is 13.6 Å². The van der Waals surface area contributed by atoms with Crippen molar-refractivity contribution in [3.05, 3.63) is 29.3 Å². The Morgan fingerprint density at radius 3 is 2.39 bits per heavy atom. The number of hydrogen-bond acceptors (Lipinski definition) is 2. The van der Waals surface area contributed by atoms with Gasteiger partial charge in [0.15, 0.2) is 6.10 Å². The number of hydrogen-bond donors (Lipinski definition) is 0. The molecule has 0 saturated heterocycles. The third kappa shape index (κ3) is 6.12. The first-order chi connectivity index (χ1) is 10.5. The molecule has 0 heterocycles. The lowest BCUT2D eigenvalue weighted by atomic mass is 10.0. The van der Waals surface area contributed by atoms with Gasteiger partial charge in [-0.25, -0.2) is 0 Å². The molecule has 1 aromatic carbocycles. The zero-order chi connectivity index (χ0) is 17.8. The topological polar surface area (TPSA) is 29.5 Å². The summed E-state index contributed by atoms with van der Waals surface area (Å²) in [6, 6.07) is 5.75. The Labute approximate surface area is 135 Å². The molecule has 0 aliphatic rings. The number of nitrogens with zero attached hydrogens (tertiary/aromatic N) is 1. The zero-order valence-electron chi connectivity index (χ0n) is 14.2. The number of ether oxygens (including phenoxy) is 1. The third-order valence-electron chi connectivity index (χ3n) is 3.55. The second kappa shape index (κ2) is 7.70. The minimum Gasteiger partial charge on any atom is -0.481 e. The van der Waals surface area contributed by atoms with Gasteiger partial charge in [0, 0.05) is 13.6 Å². The second-order valence-electron chi connectivity index (χ2n) is 6.08. The molecular formula is C17H24F3NO2. The maximum absolute atomic E-state index is 12.2. The molecule has 0 N–H and O–H groups in total. The van der Waals surface area contributed by atoms with Crippen LogP contribution >= 0.6 is 0 Å². The first kappa shape index (κ1) is 19.3. The summed E-state index contributed by atoms with van der Waals surface area (Å²) in [5.74, 6) is 0.353. The maximum atomic E-state index is 12.2. The number of halogens is 3. The van der Waals surface area contributed by atoms with E-state index in [-0.39, 0.29) is 12.5 Å². The molecule has 23 heavy (non-hydrogen) atoms. The van der Waals surface area contributed by atoms with Crippen molar-refractivity contribution in [1.82, 2.24) is 4.90 Å². The Morgan fingerprint density at radius 1 is 1.26 bits per heavy atom. The molecule has 1 atom stereocenters. The molecule has 6 heteroatoms. The highest BCUT2D eigenvalue weighted by molar-refractivity contribution is 5.80. The predicted octanol–water partition coefficient (Wildman–Crippen LogP) is 4.30. The van der Waals surface area contributed by atoms with Crippen molar-refractivity contribution in [3.8, 4) is 5.75 Å². The van der Waals surface area contributed by atoms with E-state index in [0.717, 1.165) is 16.0 Å². The highest BCUT2D eigenvalue weighted by Crippen LogP contribution is 2.28. The van der Waals surface area contributed by atoms with E-state index >= 15 is 0 Å². The van der Waals surface area contributed by atoms with Gasteiger partial charge in [-0.05, 0) is 37.0 Å². The highest BCUT2D eigenvalue weighted by atomic mass is 19.4. The van der Waals surface area contributed by atoms with Crippen molar-refractivity contribution in [2.24, 2.45) is 0 Å². The van der Waals surface area contributed by atoms with Crippen LogP contribution in [0.15, 0.2) is 18.2 Å². The molecule has 1 unspecified atom stereocenters. The maximum Gasteiger partial charge on any atom is 0.390 e. The second-order valence-corrected chi connectivity index (χ2v) is 6.08. The Balaban J connectivity index is 2.77. The molecular weight excluding hydrogens is 307 g/mol. The van der Waals surface area contributed by atoms with Crippen LogP contribution in [0.1, 0.15) is 44.2 Å². The minimum absolute atomic E-state index is 0.218. The lowest BCUT2D eigenvalue weighted by Gasteiger charge is -2.24. The van der Waals surface area contributed by atoms with E-state index in [2.05, 4.69) is 0 Å². The molecule has 0 aliphatic heterocycles. The summed E-state index contributed by atoms with van der Waals surface area (Å²) < 4.78 is 42.5. The Morgan fingerprint density at radius 2 is 1.87 bits per heavy atom. The summed E-state index contributed by atoms with van der Waals surface area (Å²) in [5.41, 5.74) is 1.96. The van der Waals surface area contributed by atoms with Crippen LogP contribution in [0.3, 0.4) is 0 Å².